The van der Waals surface area contributed by atoms with E-state index in [1.807, 2.05) is 30.5 Å². The van der Waals surface area contributed by atoms with E-state index in [0.29, 0.717) is 78.0 Å². The van der Waals surface area contributed by atoms with Gasteiger partial charge in [0.05, 0.1) is 27.6 Å². The lowest BCUT2D eigenvalue weighted by Gasteiger charge is -2.36. The highest BCUT2D eigenvalue weighted by atomic mass is 32.2. The van der Waals surface area contributed by atoms with Crippen LogP contribution in [0.2, 0.25) is 0 Å². The molecule has 67 heavy (non-hydrogen) atoms. The Morgan fingerprint density at radius 2 is 1.64 bits per heavy atom. The van der Waals surface area contributed by atoms with Gasteiger partial charge in [-0.15, -0.1) is 0 Å². The summed E-state index contributed by atoms with van der Waals surface area (Å²) in [6, 6.07) is 16.8. The number of nitrogens with one attached hydrogen (secondary N) is 1. The number of rotatable bonds is 10. The molecule has 6 heterocycles. The minimum absolute atomic E-state index is 0.00750. The largest absolute Gasteiger partial charge is 0.438 e. The van der Waals surface area contributed by atoms with Gasteiger partial charge in [-0.05, 0) is 136 Å². The molecule has 2 aliphatic carbocycles. The molecular weight excluding hydrogens is 880 g/mol. The third kappa shape index (κ3) is 7.04. The summed E-state index contributed by atoms with van der Waals surface area (Å²) >= 11 is 0. The molecule has 2 saturated carbocycles. The molecule has 3 atom stereocenters. The van der Waals surface area contributed by atoms with Crippen LogP contribution in [0.15, 0.2) is 79.7 Å². The zero-order valence-electron chi connectivity index (χ0n) is 37.8. The number of carbonyl (C=O) groups is 2. The first-order chi connectivity index (χ1) is 32.1. The van der Waals surface area contributed by atoms with Gasteiger partial charge in [0.25, 0.3) is 11.5 Å². The van der Waals surface area contributed by atoms with Crippen molar-refractivity contribution in [3.05, 3.63) is 132 Å². The number of benzene rings is 3. The maximum Gasteiger partial charge on any atom is 0.438 e. The average molecular weight is 931 g/mol. The van der Waals surface area contributed by atoms with Crippen molar-refractivity contribution in [2.45, 2.75) is 100 Å². The molecule has 3 aliphatic heterocycles. The molecule has 2 saturated heterocycles. The Balaban J connectivity index is 0.974. The van der Waals surface area contributed by atoms with Gasteiger partial charge in [0.2, 0.25) is 5.95 Å². The molecule has 3 amide bonds. The van der Waals surface area contributed by atoms with E-state index in [9.17, 15) is 22.8 Å². The molecule has 6 aromatic rings. The molecule has 0 spiro atoms. The second-order valence-electron chi connectivity index (χ2n) is 19.0. The summed E-state index contributed by atoms with van der Waals surface area (Å²) in [6.45, 7) is 9.31. The highest BCUT2D eigenvalue weighted by Crippen LogP contribution is 2.56. The van der Waals surface area contributed by atoms with Gasteiger partial charge in [-0.25, -0.2) is 31.9 Å². The van der Waals surface area contributed by atoms with E-state index >= 15 is 9.18 Å². The number of hydrogen-bond acceptors (Lipinski definition) is 10. The number of aryl methyl sites for hydroxylation is 2. The van der Waals surface area contributed by atoms with Crippen LogP contribution in [0.5, 0.6) is 0 Å². The SMILES string of the molecule is Cc1cc(-n2c(N3CCN(Cc4ccc(S(=O)(=O)C5CC5)cc4)C3=O)nc3c(c2=O)CCN(C(=O)c2cc4cc(C5CCOCC5)ccc4n2[C@]2(c4noc(=O)[nH]4)C[C@@H]2C)[C@H]3C)cc(C)c1F. The number of halogens is 1. The van der Waals surface area contributed by atoms with Gasteiger partial charge in [0.15, 0.2) is 15.7 Å². The first-order valence-electron chi connectivity index (χ1n) is 23.1. The number of H-pyrrole nitrogens is 1. The summed E-state index contributed by atoms with van der Waals surface area (Å²) < 4.78 is 54.8. The van der Waals surface area contributed by atoms with E-state index in [1.54, 1.807) is 60.0 Å². The van der Waals surface area contributed by atoms with E-state index < -0.39 is 44.6 Å². The standard InChI is InChI=1S/C49H51FN8O8S/c1-27-21-35(22-28(2)41(27)50)57-43(59)38-13-16-55(30(4)42(38)51-46(57)56-18-17-54(48(56)62)26-31-5-8-36(9-6-31)67(63,64)37-10-11-37)44(60)40-24-34-23-33(32-14-19-65-20-15-32)7-12-39(34)58(40)49(25-29(49)3)45-52-47(61)66-53-45/h5-9,12,21-24,29-30,32,37H,10-11,13-20,25-26H2,1-4H3,(H,52,53,61)/t29-,30-,49+/m0/s1. The Morgan fingerprint density at radius 1 is 0.925 bits per heavy atom. The quantitative estimate of drug-likeness (QED) is 0.160. The number of amides is 3. The number of nitrogens with zero attached hydrogens (tertiary/aromatic N) is 7. The van der Waals surface area contributed by atoms with Gasteiger partial charge in [-0.2, -0.15) is 0 Å². The molecule has 3 aromatic carbocycles. The molecule has 348 valence electrons. The number of fused-ring (bicyclic) bond motifs is 2. The van der Waals surface area contributed by atoms with Crippen LogP contribution in [0.25, 0.3) is 16.6 Å². The Kier molecular flexibility index (Phi) is 10.2. The number of carbonyl (C=O) groups excluding carboxylic acids is 2. The van der Waals surface area contributed by atoms with Crippen LogP contribution in [-0.4, -0.2) is 92.5 Å². The fourth-order valence-electron chi connectivity index (χ4n) is 10.8. The highest BCUT2D eigenvalue weighted by molar-refractivity contribution is 7.92. The Labute approximate surface area is 385 Å². The van der Waals surface area contributed by atoms with E-state index in [1.165, 1.54) is 9.47 Å². The molecule has 1 N–H and O–H groups in total. The first-order valence-corrected chi connectivity index (χ1v) is 24.6. The molecule has 0 unspecified atom stereocenters. The number of hydrogen-bond donors (Lipinski definition) is 1. The van der Waals surface area contributed by atoms with E-state index in [2.05, 4.69) is 22.3 Å². The third-order valence-corrected chi connectivity index (χ3v) is 17.1. The molecule has 16 nitrogen and oxygen atoms in total. The first kappa shape index (κ1) is 43.2. The van der Waals surface area contributed by atoms with E-state index in [4.69, 9.17) is 14.2 Å². The normalized spacial score (nSPS) is 22.2. The minimum atomic E-state index is -3.38. The van der Waals surface area contributed by atoms with Crippen LogP contribution >= 0.6 is 0 Å². The van der Waals surface area contributed by atoms with Crippen molar-refractivity contribution in [1.82, 2.24) is 34.1 Å². The van der Waals surface area contributed by atoms with Gasteiger partial charge in [-0.3, -0.25) is 24.0 Å². The van der Waals surface area contributed by atoms with Crippen molar-refractivity contribution < 1.29 is 31.7 Å². The number of aromatic nitrogens is 5. The lowest BCUT2D eigenvalue weighted by Crippen LogP contribution is -2.45. The number of urea groups is 1. The second kappa shape index (κ2) is 15.9. The van der Waals surface area contributed by atoms with Gasteiger partial charge in [0.1, 0.15) is 17.1 Å². The number of ether oxygens (including phenoxy) is 1. The molecule has 5 aliphatic rings. The van der Waals surface area contributed by atoms with Crippen LogP contribution in [0.1, 0.15) is 108 Å². The molecule has 3 aromatic heterocycles. The molecule has 0 radical (unpaired) electrons. The topological polar surface area (TPSA) is 186 Å². The lowest BCUT2D eigenvalue weighted by atomic mass is 9.91. The van der Waals surface area contributed by atoms with Crippen LogP contribution in [0.3, 0.4) is 0 Å². The summed E-state index contributed by atoms with van der Waals surface area (Å²) in [5, 5.41) is 4.67. The van der Waals surface area contributed by atoms with Gasteiger partial charge >= 0.3 is 11.8 Å². The van der Waals surface area contributed by atoms with Gasteiger partial charge < -0.3 is 19.1 Å². The average Bonchev–Trinajstić information content (AvgIpc) is 4.16. The molecular formula is C49H51FN8O8S. The van der Waals surface area contributed by atoms with Crippen LogP contribution in [-0.2, 0) is 33.1 Å². The summed E-state index contributed by atoms with van der Waals surface area (Å²) in [4.78, 5) is 70.1. The monoisotopic (exact) mass is 930 g/mol. The zero-order valence-corrected chi connectivity index (χ0v) is 38.6. The van der Waals surface area contributed by atoms with Crippen molar-refractivity contribution in [2.24, 2.45) is 5.92 Å². The molecule has 4 fully saturated rings. The Bertz CT molecular complexity index is 3230. The zero-order chi connectivity index (χ0) is 46.7. The summed E-state index contributed by atoms with van der Waals surface area (Å²) in [5.74, 6) is -0.705. The molecule has 0 bridgehead atoms. The van der Waals surface area contributed by atoms with Crippen LogP contribution in [0, 0.1) is 25.6 Å². The smallest absolute Gasteiger partial charge is 0.381 e. The predicted molar refractivity (Wildman–Crippen MR) is 245 cm³/mol. The fourth-order valence-corrected chi connectivity index (χ4v) is 12.4. The van der Waals surface area contributed by atoms with Gasteiger partial charge in [-0.1, -0.05) is 30.3 Å². The van der Waals surface area contributed by atoms with Crippen molar-refractivity contribution in [3.8, 4) is 5.69 Å². The fraction of sp³-hybridized carbons (Fsp3) is 0.429. The molecule has 11 rings (SSSR count). The second-order valence-corrected chi connectivity index (χ2v) is 21.2. The summed E-state index contributed by atoms with van der Waals surface area (Å²) in [5.41, 5.74) is 3.56. The maximum absolute atomic E-state index is 15.3. The number of aromatic amines is 1. The van der Waals surface area contributed by atoms with Crippen molar-refractivity contribution >= 4 is 38.6 Å². The van der Waals surface area contributed by atoms with E-state index in [0.717, 1.165) is 34.9 Å². The van der Waals surface area contributed by atoms with Crippen molar-refractivity contribution in [3.63, 3.8) is 0 Å². The lowest BCUT2D eigenvalue weighted by molar-refractivity contribution is 0.0658. The van der Waals surface area contributed by atoms with Gasteiger partial charge in [0, 0.05) is 55.9 Å². The summed E-state index contributed by atoms with van der Waals surface area (Å²) in [7, 11) is -3.38. The van der Waals surface area contributed by atoms with Crippen LogP contribution in [0.4, 0.5) is 15.1 Å². The number of anilines is 1. The Hall–Kier alpha value is -6.40. The number of sulfone groups is 1. The van der Waals surface area contributed by atoms with Crippen molar-refractivity contribution in [1.29, 1.82) is 0 Å². The molecule has 18 heteroatoms. The highest BCUT2D eigenvalue weighted by Gasteiger charge is 2.59. The van der Waals surface area contributed by atoms with Crippen molar-refractivity contribution in [2.75, 3.05) is 37.7 Å². The minimum Gasteiger partial charge on any atom is -0.381 e. The predicted octanol–water partition coefficient (Wildman–Crippen LogP) is 6.43. The maximum atomic E-state index is 15.3. The third-order valence-electron chi connectivity index (χ3n) is 14.8. The van der Waals surface area contributed by atoms with E-state index in [-0.39, 0.29) is 60.5 Å². The summed E-state index contributed by atoms with van der Waals surface area (Å²) in [6.07, 6.45) is 3.86. The Morgan fingerprint density at radius 3 is 2.30 bits per heavy atom. The van der Waals surface area contributed by atoms with Crippen LogP contribution < -0.4 is 16.2 Å².